The Hall–Kier alpha value is -2.26. The Labute approximate surface area is 127 Å². The number of rotatable bonds is 2. The van der Waals surface area contributed by atoms with E-state index in [-0.39, 0.29) is 17.3 Å². The van der Waals surface area contributed by atoms with Gasteiger partial charge in [0.25, 0.3) is 0 Å². The highest BCUT2D eigenvalue weighted by Crippen LogP contribution is 2.13. The van der Waals surface area contributed by atoms with Crippen molar-refractivity contribution in [1.82, 2.24) is 10.3 Å². The number of carboxylic acid groups (broad SMARTS) is 1. The minimum absolute atomic E-state index is 0.0694. The lowest BCUT2D eigenvalue weighted by atomic mass is 10.2. The number of nitrogens with zero attached hydrogens (tertiary/aromatic N) is 1. The SMILES string of the molecule is CC(C)(C)OC(=O)NCC#Cc1cnc(Cl)c(C(=O)O)c1. The number of hydrogen-bond acceptors (Lipinski definition) is 4. The smallest absolute Gasteiger partial charge is 0.408 e. The van der Waals surface area contributed by atoms with Crippen molar-refractivity contribution in [2.24, 2.45) is 0 Å². The van der Waals surface area contributed by atoms with Crippen LogP contribution in [0.15, 0.2) is 12.3 Å². The first-order valence-electron chi connectivity index (χ1n) is 6.03. The van der Waals surface area contributed by atoms with Crippen LogP contribution in [0.2, 0.25) is 5.15 Å². The molecule has 2 N–H and O–H groups in total. The second-order valence-electron chi connectivity index (χ2n) is 5.02. The van der Waals surface area contributed by atoms with Gasteiger partial charge in [-0.1, -0.05) is 23.4 Å². The molecule has 1 aromatic rings. The monoisotopic (exact) mass is 310 g/mol. The Bertz CT molecular complexity index is 612. The maximum absolute atomic E-state index is 11.3. The van der Waals surface area contributed by atoms with Crippen LogP contribution in [0.3, 0.4) is 0 Å². The van der Waals surface area contributed by atoms with Crippen LogP contribution in [0.4, 0.5) is 4.79 Å². The van der Waals surface area contributed by atoms with Gasteiger partial charge in [-0.3, -0.25) is 0 Å². The van der Waals surface area contributed by atoms with Gasteiger partial charge in [0.2, 0.25) is 0 Å². The molecule has 0 aromatic carbocycles. The number of ether oxygens (including phenoxy) is 1. The highest BCUT2D eigenvalue weighted by atomic mass is 35.5. The zero-order valence-electron chi connectivity index (χ0n) is 11.9. The van der Waals surface area contributed by atoms with Crippen molar-refractivity contribution in [3.05, 3.63) is 28.5 Å². The van der Waals surface area contributed by atoms with Gasteiger partial charge in [-0.2, -0.15) is 0 Å². The highest BCUT2D eigenvalue weighted by molar-refractivity contribution is 6.32. The summed E-state index contributed by atoms with van der Waals surface area (Å²) in [5.41, 5.74) is -0.306. The van der Waals surface area contributed by atoms with E-state index in [0.29, 0.717) is 5.56 Å². The number of carboxylic acids is 1. The molecule has 1 amide bonds. The van der Waals surface area contributed by atoms with Crippen LogP contribution in [0, 0.1) is 11.8 Å². The summed E-state index contributed by atoms with van der Waals surface area (Å²) < 4.78 is 5.03. The maximum atomic E-state index is 11.3. The van der Waals surface area contributed by atoms with Gasteiger partial charge in [0.1, 0.15) is 10.8 Å². The highest BCUT2D eigenvalue weighted by Gasteiger charge is 2.15. The van der Waals surface area contributed by atoms with Crippen LogP contribution in [-0.2, 0) is 4.74 Å². The minimum Gasteiger partial charge on any atom is -0.478 e. The fourth-order valence-corrected chi connectivity index (χ4v) is 1.43. The molecule has 0 aliphatic rings. The van der Waals surface area contributed by atoms with Crippen LogP contribution < -0.4 is 5.32 Å². The van der Waals surface area contributed by atoms with Gasteiger partial charge < -0.3 is 15.2 Å². The summed E-state index contributed by atoms with van der Waals surface area (Å²) in [4.78, 5) is 26.0. The summed E-state index contributed by atoms with van der Waals surface area (Å²) in [6.07, 6.45) is 0.784. The van der Waals surface area contributed by atoms with Crippen LogP contribution in [0.1, 0.15) is 36.7 Å². The van der Waals surface area contributed by atoms with Crippen LogP contribution >= 0.6 is 11.6 Å². The van der Waals surface area contributed by atoms with Gasteiger partial charge in [0.05, 0.1) is 12.1 Å². The largest absolute Gasteiger partial charge is 0.478 e. The molecule has 7 heteroatoms. The van der Waals surface area contributed by atoms with Crippen LogP contribution in [0.25, 0.3) is 0 Å². The molecular formula is C14H15ClN2O4. The molecule has 0 aliphatic heterocycles. The van der Waals surface area contributed by atoms with E-state index in [0.717, 1.165) is 0 Å². The zero-order valence-corrected chi connectivity index (χ0v) is 12.6. The number of aromatic carboxylic acids is 1. The van der Waals surface area contributed by atoms with Crippen molar-refractivity contribution in [1.29, 1.82) is 0 Å². The van der Waals surface area contributed by atoms with Crippen LogP contribution in [0.5, 0.6) is 0 Å². The van der Waals surface area contributed by atoms with Gasteiger partial charge in [0, 0.05) is 11.8 Å². The van der Waals surface area contributed by atoms with Crippen molar-refractivity contribution < 1.29 is 19.4 Å². The van der Waals surface area contributed by atoms with Crippen LogP contribution in [-0.4, -0.2) is 34.3 Å². The molecule has 1 aromatic heterocycles. The molecule has 0 fully saturated rings. The van der Waals surface area contributed by atoms with E-state index in [1.54, 1.807) is 20.8 Å². The predicted molar refractivity (Wildman–Crippen MR) is 77.3 cm³/mol. The second kappa shape index (κ2) is 6.95. The Morgan fingerprint density at radius 2 is 2.14 bits per heavy atom. The topological polar surface area (TPSA) is 88.5 Å². The van der Waals surface area contributed by atoms with Gasteiger partial charge in [0.15, 0.2) is 0 Å². The predicted octanol–water partition coefficient (Wildman–Crippen LogP) is 2.31. The first kappa shape index (κ1) is 16.8. The first-order chi connectivity index (χ1) is 9.69. The number of nitrogens with one attached hydrogen (secondary N) is 1. The van der Waals surface area contributed by atoms with Crippen molar-refractivity contribution in [3.8, 4) is 11.8 Å². The maximum Gasteiger partial charge on any atom is 0.408 e. The lowest BCUT2D eigenvalue weighted by Crippen LogP contribution is -2.32. The molecule has 1 rings (SSSR count). The van der Waals surface area contributed by atoms with Crippen molar-refractivity contribution >= 4 is 23.7 Å². The van der Waals surface area contributed by atoms with Gasteiger partial charge >= 0.3 is 12.1 Å². The Morgan fingerprint density at radius 1 is 1.48 bits per heavy atom. The fraction of sp³-hybridized carbons (Fsp3) is 0.357. The number of halogens is 1. The summed E-state index contributed by atoms with van der Waals surface area (Å²) in [5.74, 6) is 4.17. The van der Waals surface area contributed by atoms with E-state index in [4.69, 9.17) is 21.4 Å². The van der Waals surface area contributed by atoms with Crippen molar-refractivity contribution in [3.63, 3.8) is 0 Å². The molecule has 0 saturated carbocycles. The average Bonchev–Trinajstić information content (AvgIpc) is 2.34. The fourth-order valence-electron chi connectivity index (χ4n) is 1.24. The molecular weight excluding hydrogens is 296 g/mol. The quantitative estimate of drug-likeness (QED) is 0.646. The number of amides is 1. The first-order valence-corrected chi connectivity index (χ1v) is 6.41. The third-order valence-corrected chi connectivity index (χ3v) is 2.32. The molecule has 0 saturated heterocycles. The van der Waals surface area contributed by atoms with Gasteiger partial charge in [-0.25, -0.2) is 14.6 Å². The lowest BCUT2D eigenvalue weighted by molar-refractivity contribution is 0.0534. The van der Waals surface area contributed by atoms with E-state index >= 15 is 0 Å². The third-order valence-electron chi connectivity index (χ3n) is 2.02. The Kier molecular flexibility index (Phi) is 5.56. The van der Waals surface area contributed by atoms with E-state index in [2.05, 4.69) is 22.1 Å². The molecule has 21 heavy (non-hydrogen) atoms. The molecule has 0 aliphatic carbocycles. The Morgan fingerprint density at radius 3 is 2.71 bits per heavy atom. The van der Waals surface area contributed by atoms with Crippen molar-refractivity contribution in [2.45, 2.75) is 26.4 Å². The number of alkyl carbamates (subject to hydrolysis) is 1. The number of carbonyl (C=O) groups excluding carboxylic acids is 1. The number of carbonyl (C=O) groups is 2. The van der Waals surface area contributed by atoms with E-state index in [9.17, 15) is 9.59 Å². The molecule has 112 valence electrons. The summed E-state index contributed by atoms with van der Waals surface area (Å²) in [6.45, 7) is 5.33. The summed E-state index contributed by atoms with van der Waals surface area (Å²) in [7, 11) is 0. The molecule has 0 bridgehead atoms. The van der Waals surface area contributed by atoms with E-state index < -0.39 is 17.7 Å². The summed E-state index contributed by atoms with van der Waals surface area (Å²) in [5, 5.41) is 11.3. The number of pyridine rings is 1. The normalized spacial score (nSPS) is 10.3. The summed E-state index contributed by atoms with van der Waals surface area (Å²) >= 11 is 5.64. The molecule has 0 spiro atoms. The molecule has 0 radical (unpaired) electrons. The zero-order chi connectivity index (χ0) is 16.0. The van der Waals surface area contributed by atoms with E-state index in [1.165, 1.54) is 12.3 Å². The third kappa shape index (κ3) is 6.15. The second-order valence-corrected chi connectivity index (χ2v) is 5.38. The lowest BCUT2D eigenvalue weighted by Gasteiger charge is -2.18. The molecule has 6 nitrogen and oxygen atoms in total. The van der Waals surface area contributed by atoms with E-state index in [1.807, 2.05) is 0 Å². The van der Waals surface area contributed by atoms with Gasteiger partial charge in [-0.05, 0) is 26.8 Å². The van der Waals surface area contributed by atoms with Gasteiger partial charge in [-0.15, -0.1) is 0 Å². The Balaban J connectivity index is 2.62. The van der Waals surface area contributed by atoms with Crippen molar-refractivity contribution in [2.75, 3.05) is 6.54 Å². The average molecular weight is 311 g/mol. The standard InChI is InChI=1S/C14H15ClN2O4/c1-14(2,3)21-13(20)16-6-4-5-9-7-10(12(18)19)11(15)17-8-9/h7-8H,6H2,1-3H3,(H,16,20)(H,18,19). The molecule has 1 heterocycles. The number of aromatic nitrogens is 1. The molecule has 0 unspecified atom stereocenters. The minimum atomic E-state index is -1.18. The number of hydrogen-bond donors (Lipinski definition) is 2. The molecule has 0 atom stereocenters. The summed E-state index contributed by atoms with van der Waals surface area (Å²) in [6, 6.07) is 1.32.